The summed E-state index contributed by atoms with van der Waals surface area (Å²) in [6, 6.07) is 13.9. The van der Waals surface area contributed by atoms with Crippen LogP contribution < -0.4 is 20.9 Å². The molecule has 2 aromatic carbocycles. The SMILES string of the molecule is CCCCOc1ccccc1C(=O)NC(=S)NNC(=O)c1ccccc1Br. The molecule has 0 aliphatic carbocycles. The fourth-order valence-corrected chi connectivity index (χ4v) is 2.74. The lowest BCUT2D eigenvalue weighted by Crippen LogP contribution is -2.48. The number of halogens is 1. The summed E-state index contributed by atoms with van der Waals surface area (Å²) in [7, 11) is 0. The predicted octanol–water partition coefficient (Wildman–Crippen LogP) is 3.58. The molecule has 0 bridgehead atoms. The van der Waals surface area contributed by atoms with Crippen LogP contribution in [0.2, 0.25) is 0 Å². The quantitative estimate of drug-likeness (QED) is 0.356. The van der Waals surface area contributed by atoms with Gasteiger partial charge in [0.25, 0.3) is 11.8 Å². The van der Waals surface area contributed by atoms with Crippen LogP contribution in [0.15, 0.2) is 53.0 Å². The lowest BCUT2D eigenvalue weighted by Gasteiger charge is -2.13. The van der Waals surface area contributed by atoms with Crippen LogP contribution in [-0.2, 0) is 0 Å². The lowest BCUT2D eigenvalue weighted by molar-refractivity contribution is 0.0933. The number of para-hydroxylation sites is 1. The van der Waals surface area contributed by atoms with Gasteiger partial charge in [0.15, 0.2) is 5.11 Å². The molecule has 0 heterocycles. The number of hydrogen-bond donors (Lipinski definition) is 3. The maximum atomic E-state index is 12.4. The topological polar surface area (TPSA) is 79.5 Å². The third-order valence-corrected chi connectivity index (χ3v) is 4.42. The highest BCUT2D eigenvalue weighted by Crippen LogP contribution is 2.18. The average molecular weight is 450 g/mol. The summed E-state index contributed by atoms with van der Waals surface area (Å²) < 4.78 is 6.30. The smallest absolute Gasteiger partial charge is 0.270 e. The number of hydrogen-bond acceptors (Lipinski definition) is 4. The zero-order valence-corrected chi connectivity index (χ0v) is 17.2. The number of benzene rings is 2. The number of carbonyl (C=O) groups is 2. The van der Waals surface area contributed by atoms with E-state index in [0.29, 0.717) is 28.0 Å². The number of ether oxygens (including phenoxy) is 1. The van der Waals surface area contributed by atoms with Gasteiger partial charge in [-0.2, -0.15) is 0 Å². The first-order chi connectivity index (χ1) is 13.0. The van der Waals surface area contributed by atoms with Gasteiger partial charge in [-0.3, -0.25) is 25.8 Å². The van der Waals surface area contributed by atoms with E-state index in [9.17, 15) is 9.59 Å². The van der Waals surface area contributed by atoms with E-state index in [1.165, 1.54) is 0 Å². The fourth-order valence-electron chi connectivity index (χ4n) is 2.13. The third-order valence-electron chi connectivity index (χ3n) is 3.52. The molecule has 0 aliphatic heterocycles. The highest BCUT2D eigenvalue weighted by Gasteiger charge is 2.14. The van der Waals surface area contributed by atoms with Crippen LogP contribution in [0.4, 0.5) is 0 Å². The van der Waals surface area contributed by atoms with E-state index in [1.807, 2.05) is 0 Å². The number of nitrogens with one attached hydrogen (secondary N) is 3. The van der Waals surface area contributed by atoms with E-state index < -0.39 is 5.91 Å². The molecule has 6 nitrogen and oxygen atoms in total. The van der Waals surface area contributed by atoms with Gasteiger partial charge in [-0.1, -0.05) is 37.6 Å². The first-order valence-corrected chi connectivity index (χ1v) is 9.61. The van der Waals surface area contributed by atoms with Crippen molar-refractivity contribution in [2.75, 3.05) is 6.61 Å². The zero-order chi connectivity index (χ0) is 19.6. The lowest BCUT2D eigenvalue weighted by atomic mass is 10.2. The standard InChI is InChI=1S/C19H20BrN3O3S/c1-2-3-12-26-16-11-7-5-9-14(16)17(24)21-19(27)23-22-18(25)13-8-4-6-10-15(13)20/h4-11H,2-3,12H2,1H3,(H,22,25)(H2,21,23,24,27). The van der Waals surface area contributed by atoms with Crippen LogP contribution in [0.25, 0.3) is 0 Å². The molecule has 2 aromatic rings. The Labute approximate surface area is 171 Å². The van der Waals surface area contributed by atoms with Crippen molar-refractivity contribution in [1.82, 2.24) is 16.2 Å². The maximum Gasteiger partial charge on any atom is 0.270 e. The third kappa shape index (κ3) is 6.33. The summed E-state index contributed by atoms with van der Waals surface area (Å²) in [5.41, 5.74) is 5.77. The predicted molar refractivity (Wildman–Crippen MR) is 112 cm³/mol. The second kappa shape index (κ2) is 10.6. The van der Waals surface area contributed by atoms with E-state index in [-0.39, 0.29) is 11.0 Å². The minimum atomic E-state index is -0.422. The summed E-state index contributed by atoms with van der Waals surface area (Å²) in [6.45, 7) is 2.60. The highest BCUT2D eigenvalue weighted by atomic mass is 79.9. The number of unbranched alkanes of at least 4 members (excludes halogenated alkanes) is 1. The van der Waals surface area contributed by atoms with Crippen LogP contribution in [0.1, 0.15) is 40.5 Å². The van der Waals surface area contributed by atoms with Crippen LogP contribution in [0.3, 0.4) is 0 Å². The molecule has 8 heteroatoms. The Balaban J connectivity index is 1.91. The molecule has 0 aromatic heterocycles. The van der Waals surface area contributed by atoms with E-state index >= 15 is 0 Å². The number of carbonyl (C=O) groups excluding carboxylic acids is 2. The van der Waals surface area contributed by atoms with Gasteiger partial charge >= 0.3 is 0 Å². The molecule has 2 rings (SSSR count). The number of thiocarbonyl (C=S) groups is 1. The molecule has 0 unspecified atom stereocenters. The van der Waals surface area contributed by atoms with Gasteiger partial charge < -0.3 is 4.74 Å². The van der Waals surface area contributed by atoms with Gasteiger partial charge in [0.05, 0.1) is 17.7 Å². The van der Waals surface area contributed by atoms with E-state index in [2.05, 4.69) is 39.0 Å². The molecule has 0 aliphatic rings. The second-order valence-electron chi connectivity index (χ2n) is 5.54. The molecule has 0 atom stereocenters. The van der Waals surface area contributed by atoms with Gasteiger partial charge in [0, 0.05) is 4.47 Å². The normalized spacial score (nSPS) is 10.0. The van der Waals surface area contributed by atoms with Crippen molar-refractivity contribution < 1.29 is 14.3 Å². The molecule has 0 saturated heterocycles. The van der Waals surface area contributed by atoms with Crippen LogP contribution >= 0.6 is 28.1 Å². The summed E-state index contributed by atoms with van der Waals surface area (Å²) in [4.78, 5) is 24.6. The van der Waals surface area contributed by atoms with Gasteiger partial charge in [0.2, 0.25) is 0 Å². The highest BCUT2D eigenvalue weighted by molar-refractivity contribution is 9.10. The second-order valence-corrected chi connectivity index (χ2v) is 6.80. The van der Waals surface area contributed by atoms with E-state index in [1.54, 1.807) is 48.5 Å². The van der Waals surface area contributed by atoms with Gasteiger partial charge in [-0.25, -0.2) is 0 Å². The van der Waals surface area contributed by atoms with Crippen LogP contribution in [0, 0.1) is 0 Å². The summed E-state index contributed by atoms with van der Waals surface area (Å²) in [6.07, 6.45) is 1.90. The molecule has 0 radical (unpaired) electrons. The van der Waals surface area contributed by atoms with Gasteiger partial charge in [0.1, 0.15) is 5.75 Å². The fraction of sp³-hybridized carbons (Fsp3) is 0.211. The monoisotopic (exact) mass is 449 g/mol. The summed E-state index contributed by atoms with van der Waals surface area (Å²) in [5, 5.41) is 2.50. The Morgan fingerprint density at radius 3 is 2.37 bits per heavy atom. The molecule has 2 amide bonds. The average Bonchev–Trinajstić information content (AvgIpc) is 2.67. The van der Waals surface area contributed by atoms with Crippen LogP contribution in [0.5, 0.6) is 5.75 Å². The van der Waals surface area contributed by atoms with Crippen molar-refractivity contribution in [1.29, 1.82) is 0 Å². The van der Waals surface area contributed by atoms with Crippen LogP contribution in [-0.4, -0.2) is 23.5 Å². The molecule has 142 valence electrons. The summed E-state index contributed by atoms with van der Waals surface area (Å²) in [5.74, 6) is -0.319. The van der Waals surface area contributed by atoms with Crippen molar-refractivity contribution in [3.8, 4) is 5.75 Å². The zero-order valence-electron chi connectivity index (χ0n) is 14.8. The molecule has 3 N–H and O–H groups in total. The van der Waals surface area contributed by atoms with Crippen molar-refractivity contribution in [2.45, 2.75) is 19.8 Å². The Kier molecular flexibility index (Phi) is 8.22. The molecule has 0 fully saturated rings. The number of rotatable bonds is 6. The molecule has 0 spiro atoms. The first kappa shape index (κ1) is 20.9. The molecular weight excluding hydrogens is 430 g/mol. The summed E-state index contributed by atoms with van der Waals surface area (Å²) >= 11 is 8.37. The molecule has 0 saturated carbocycles. The van der Waals surface area contributed by atoms with Crippen molar-refractivity contribution >= 4 is 45.1 Å². The Hall–Kier alpha value is -2.45. The molecular formula is C19H20BrN3O3S. The largest absolute Gasteiger partial charge is 0.493 e. The van der Waals surface area contributed by atoms with E-state index in [4.69, 9.17) is 17.0 Å². The Morgan fingerprint density at radius 1 is 1.00 bits per heavy atom. The molecule has 27 heavy (non-hydrogen) atoms. The van der Waals surface area contributed by atoms with E-state index in [0.717, 1.165) is 12.8 Å². The van der Waals surface area contributed by atoms with Gasteiger partial charge in [-0.05, 0) is 58.8 Å². The minimum absolute atomic E-state index is 0.0243. The Morgan fingerprint density at radius 2 is 1.67 bits per heavy atom. The van der Waals surface area contributed by atoms with Crippen molar-refractivity contribution in [3.05, 3.63) is 64.1 Å². The van der Waals surface area contributed by atoms with Crippen molar-refractivity contribution in [3.63, 3.8) is 0 Å². The number of hydrazine groups is 1. The maximum absolute atomic E-state index is 12.4. The number of amides is 2. The Bertz CT molecular complexity index is 829. The van der Waals surface area contributed by atoms with Crippen molar-refractivity contribution in [2.24, 2.45) is 0 Å². The minimum Gasteiger partial charge on any atom is -0.493 e. The van der Waals surface area contributed by atoms with Gasteiger partial charge in [-0.15, -0.1) is 0 Å². The first-order valence-electron chi connectivity index (χ1n) is 8.41.